The van der Waals surface area contributed by atoms with Gasteiger partial charge in [-0.2, -0.15) is 0 Å². The van der Waals surface area contributed by atoms with Gasteiger partial charge in [0, 0.05) is 11.8 Å². The number of hydrogen-bond acceptors (Lipinski definition) is 6. The Hall–Kier alpha value is -3.07. The number of para-hydroxylation sites is 1. The molecular weight excluding hydrogens is 360 g/mol. The molecule has 0 fully saturated rings. The van der Waals surface area contributed by atoms with E-state index in [0.29, 0.717) is 17.1 Å². The molecule has 2 N–H and O–H groups in total. The molecular formula is C17H16N2O6S. The van der Waals surface area contributed by atoms with Gasteiger partial charge in [-0.1, -0.05) is 6.07 Å². The lowest BCUT2D eigenvalue weighted by molar-refractivity contribution is -0.118. The predicted octanol–water partition coefficient (Wildman–Crippen LogP) is 1.68. The summed E-state index contributed by atoms with van der Waals surface area (Å²) in [6.45, 7) is -0.152. The first kappa shape index (κ1) is 17.7. The zero-order valence-electron chi connectivity index (χ0n) is 14.0. The fourth-order valence-electron chi connectivity index (χ4n) is 2.52. The van der Waals surface area contributed by atoms with Crippen LogP contribution in [0.3, 0.4) is 0 Å². The minimum absolute atomic E-state index is 0.0775. The lowest BCUT2D eigenvalue weighted by Crippen LogP contribution is -2.26. The molecule has 8 nitrogen and oxygen atoms in total. The molecule has 0 aliphatic carbocycles. The van der Waals surface area contributed by atoms with Gasteiger partial charge in [-0.05, 0) is 30.3 Å². The number of carbonyl (C=O) groups excluding carboxylic acids is 2. The molecule has 0 atom stereocenters. The summed E-state index contributed by atoms with van der Waals surface area (Å²) in [6.07, 6.45) is 1.04. The molecule has 0 saturated carbocycles. The molecule has 2 amide bonds. The van der Waals surface area contributed by atoms with E-state index < -0.39 is 15.7 Å². The lowest BCUT2D eigenvalue weighted by atomic mass is 10.1. The number of ether oxygens (including phenoxy) is 2. The quantitative estimate of drug-likeness (QED) is 0.840. The number of benzene rings is 2. The van der Waals surface area contributed by atoms with Crippen LogP contribution in [0.4, 0.5) is 11.4 Å². The number of amides is 2. The van der Waals surface area contributed by atoms with E-state index in [0.717, 1.165) is 6.26 Å². The Labute approximate surface area is 150 Å². The van der Waals surface area contributed by atoms with Crippen LogP contribution < -0.4 is 20.1 Å². The highest BCUT2D eigenvalue weighted by Gasteiger charge is 2.22. The van der Waals surface area contributed by atoms with Crippen LogP contribution in [0.1, 0.15) is 10.4 Å². The number of carbonyl (C=O) groups is 2. The largest absolute Gasteiger partial charge is 0.495 e. The third-order valence-corrected chi connectivity index (χ3v) is 4.83. The topological polar surface area (TPSA) is 111 Å². The summed E-state index contributed by atoms with van der Waals surface area (Å²) in [7, 11) is -2.22. The third kappa shape index (κ3) is 3.47. The fourth-order valence-corrected chi connectivity index (χ4v) is 3.37. The van der Waals surface area contributed by atoms with E-state index >= 15 is 0 Å². The Morgan fingerprint density at radius 2 is 2.04 bits per heavy atom. The summed E-state index contributed by atoms with van der Waals surface area (Å²) < 4.78 is 34.2. The number of sulfone groups is 1. The van der Waals surface area contributed by atoms with E-state index in [4.69, 9.17) is 9.47 Å². The number of hydrogen-bond donors (Lipinski definition) is 2. The first-order valence-corrected chi connectivity index (χ1v) is 9.44. The summed E-state index contributed by atoms with van der Waals surface area (Å²) >= 11 is 0. The average molecular weight is 376 g/mol. The highest BCUT2D eigenvalue weighted by Crippen LogP contribution is 2.35. The second-order valence-electron chi connectivity index (χ2n) is 5.61. The Balaban J connectivity index is 1.92. The molecule has 0 spiro atoms. The van der Waals surface area contributed by atoms with Crippen molar-refractivity contribution in [2.75, 3.05) is 30.6 Å². The summed E-state index contributed by atoms with van der Waals surface area (Å²) in [6, 6.07) is 9.05. The Bertz CT molecular complexity index is 1000. The number of nitrogens with one attached hydrogen (secondary N) is 2. The van der Waals surface area contributed by atoms with Crippen molar-refractivity contribution in [3.63, 3.8) is 0 Å². The molecule has 136 valence electrons. The van der Waals surface area contributed by atoms with E-state index in [1.165, 1.54) is 25.3 Å². The van der Waals surface area contributed by atoms with Crippen molar-refractivity contribution in [1.82, 2.24) is 0 Å². The van der Waals surface area contributed by atoms with Gasteiger partial charge in [-0.15, -0.1) is 0 Å². The molecule has 1 heterocycles. The van der Waals surface area contributed by atoms with Crippen molar-refractivity contribution in [3.8, 4) is 11.5 Å². The van der Waals surface area contributed by atoms with E-state index in [9.17, 15) is 18.0 Å². The maximum atomic E-state index is 12.6. The van der Waals surface area contributed by atoms with Crippen LogP contribution in [0.25, 0.3) is 0 Å². The van der Waals surface area contributed by atoms with Crippen LogP contribution >= 0.6 is 0 Å². The normalized spacial score (nSPS) is 13.2. The number of methoxy groups -OCH3 is 1. The number of anilines is 2. The van der Waals surface area contributed by atoms with Crippen molar-refractivity contribution < 1.29 is 27.5 Å². The van der Waals surface area contributed by atoms with Crippen molar-refractivity contribution in [1.29, 1.82) is 0 Å². The molecule has 9 heteroatoms. The van der Waals surface area contributed by atoms with E-state index in [2.05, 4.69) is 10.6 Å². The zero-order chi connectivity index (χ0) is 18.9. The first-order valence-electron chi connectivity index (χ1n) is 7.54. The molecule has 1 aliphatic heterocycles. The predicted molar refractivity (Wildman–Crippen MR) is 94.6 cm³/mol. The molecule has 0 radical (unpaired) electrons. The molecule has 3 rings (SSSR count). The lowest BCUT2D eigenvalue weighted by Gasteiger charge is -2.20. The van der Waals surface area contributed by atoms with E-state index in [-0.39, 0.29) is 28.7 Å². The summed E-state index contributed by atoms with van der Waals surface area (Å²) in [5, 5.41) is 5.31. The molecule has 2 aromatic carbocycles. The smallest absolute Gasteiger partial charge is 0.262 e. The van der Waals surface area contributed by atoms with Gasteiger partial charge in [0.05, 0.1) is 18.5 Å². The van der Waals surface area contributed by atoms with Crippen LogP contribution in [0.5, 0.6) is 11.5 Å². The minimum Gasteiger partial charge on any atom is -0.495 e. The molecule has 0 unspecified atom stereocenters. The van der Waals surface area contributed by atoms with Gasteiger partial charge >= 0.3 is 0 Å². The van der Waals surface area contributed by atoms with Crippen molar-refractivity contribution >= 4 is 33.0 Å². The Morgan fingerprint density at radius 1 is 1.27 bits per heavy atom. The third-order valence-electron chi connectivity index (χ3n) is 3.71. The van der Waals surface area contributed by atoms with E-state index in [1.54, 1.807) is 18.2 Å². The molecule has 26 heavy (non-hydrogen) atoms. The highest BCUT2D eigenvalue weighted by molar-refractivity contribution is 7.90. The van der Waals surface area contributed by atoms with Crippen molar-refractivity contribution in [2.24, 2.45) is 0 Å². The molecule has 1 aliphatic rings. The van der Waals surface area contributed by atoms with Gasteiger partial charge in [0.1, 0.15) is 10.6 Å². The molecule has 0 bridgehead atoms. The fraction of sp³-hybridized carbons (Fsp3) is 0.176. The SMILES string of the molecule is COc1ccc(C(=O)Nc2cccc3c2OCC(=O)N3)cc1S(C)(=O)=O. The van der Waals surface area contributed by atoms with Crippen LogP contribution in [-0.2, 0) is 14.6 Å². The van der Waals surface area contributed by atoms with Gasteiger partial charge in [-0.3, -0.25) is 9.59 Å². The van der Waals surface area contributed by atoms with Gasteiger partial charge in [0.15, 0.2) is 22.2 Å². The van der Waals surface area contributed by atoms with Crippen molar-refractivity contribution in [3.05, 3.63) is 42.0 Å². The summed E-state index contributed by atoms with van der Waals surface area (Å²) in [5.41, 5.74) is 0.957. The second kappa shape index (κ2) is 6.68. The standard InChI is InChI=1S/C17H16N2O6S/c1-24-13-7-6-10(8-14(13)26(2,22)23)17(21)19-12-5-3-4-11-16(12)25-9-15(20)18-11/h3-8H,9H2,1-2H3,(H,18,20)(H,19,21). The first-order chi connectivity index (χ1) is 12.3. The van der Waals surface area contributed by atoms with Gasteiger partial charge in [0.2, 0.25) is 0 Å². The van der Waals surface area contributed by atoms with Crippen LogP contribution in [0.15, 0.2) is 41.3 Å². The monoisotopic (exact) mass is 376 g/mol. The van der Waals surface area contributed by atoms with Gasteiger partial charge in [-0.25, -0.2) is 8.42 Å². The summed E-state index contributed by atoms with van der Waals surface area (Å²) in [5.74, 6) is -0.301. The maximum absolute atomic E-state index is 12.6. The van der Waals surface area contributed by atoms with Crippen LogP contribution in [-0.4, -0.2) is 40.2 Å². The zero-order valence-corrected chi connectivity index (χ0v) is 14.8. The van der Waals surface area contributed by atoms with Crippen molar-refractivity contribution in [2.45, 2.75) is 4.90 Å². The minimum atomic E-state index is -3.57. The number of rotatable bonds is 4. The molecule has 2 aromatic rings. The Morgan fingerprint density at radius 3 is 2.73 bits per heavy atom. The van der Waals surface area contributed by atoms with Gasteiger partial charge < -0.3 is 20.1 Å². The Kier molecular flexibility index (Phi) is 4.56. The van der Waals surface area contributed by atoms with Crippen LogP contribution in [0.2, 0.25) is 0 Å². The van der Waals surface area contributed by atoms with Gasteiger partial charge in [0.25, 0.3) is 11.8 Å². The highest BCUT2D eigenvalue weighted by atomic mass is 32.2. The second-order valence-corrected chi connectivity index (χ2v) is 7.60. The average Bonchev–Trinajstić information content (AvgIpc) is 2.60. The molecule has 0 aromatic heterocycles. The molecule has 0 saturated heterocycles. The van der Waals surface area contributed by atoms with Crippen LogP contribution in [0, 0.1) is 0 Å². The van der Waals surface area contributed by atoms with E-state index in [1.807, 2.05) is 0 Å². The summed E-state index contributed by atoms with van der Waals surface area (Å²) in [4.78, 5) is 23.9. The maximum Gasteiger partial charge on any atom is 0.262 e. The number of fused-ring (bicyclic) bond motifs is 1.